The summed E-state index contributed by atoms with van der Waals surface area (Å²) in [4.78, 5) is 27.3. The van der Waals surface area contributed by atoms with Gasteiger partial charge in [0.1, 0.15) is 13.2 Å². The zero-order valence-electron chi connectivity index (χ0n) is 17.4. The van der Waals surface area contributed by atoms with E-state index in [4.69, 9.17) is 18.9 Å². The number of likely N-dealkylation sites (tertiary alicyclic amines) is 1. The van der Waals surface area contributed by atoms with Gasteiger partial charge in [-0.2, -0.15) is 0 Å². The van der Waals surface area contributed by atoms with E-state index in [1.54, 1.807) is 42.4 Å². The van der Waals surface area contributed by atoms with Crippen LogP contribution < -0.4 is 14.2 Å². The monoisotopic (exact) mass is 423 g/mol. The van der Waals surface area contributed by atoms with E-state index < -0.39 is 12.1 Å². The summed E-state index contributed by atoms with van der Waals surface area (Å²) in [5, 5.41) is 0. The second-order valence-electron chi connectivity index (χ2n) is 7.34. The molecule has 2 aliphatic rings. The van der Waals surface area contributed by atoms with Crippen molar-refractivity contribution in [1.29, 1.82) is 0 Å². The minimum absolute atomic E-state index is 0.188. The highest BCUT2D eigenvalue weighted by molar-refractivity contribution is 5.91. The minimum Gasteiger partial charge on any atom is -0.493 e. The van der Waals surface area contributed by atoms with Crippen molar-refractivity contribution in [3.8, 4) is 17.2 Å². The molecular weight excluding hydrogens is 398 g/mol. The summed E-state index contributed by atoms with van der Waals surface area (Å²) >= 11 is 0. The van der Waals surface area contributed by atoms with Gasteiger partial charge in [0, 0.05) is 24.7 Å². The van der Waals surface area contributed by atoms with Crippen molar-refractivity contribution in [1.82, 2.24) is 4.90 Å². The summed E-state index contributed by atoms with van der Waals surface area (Å²) in [6, 6.07) is 12.6. The molecule has 7 nitrogen and oxygen atoms in total. The average Bonchev–Trinajstić information content (AvgIpc) is 3.36. The summed E-state index contributed by atoms with van der Waals surface area (Å²) < 4.78 is 22.2. The van der Waals surface area contributed by atoms with Crippen LogP contribution in [0.5, 0.6) is 17.2 Å². The SMILES string of the molecule is COc1cc(/C=C/C(=O)O[C@H](C(=O)N2CCCC2)c2ccccc2)cc2c1OCCO2. The number of rotatable bonds is 6. The second kappa shape index (κ2) is 9.55. The fourth-order valence-corrected chi connectivity index (χ4v) is 3.70. The molecule has 2 aromatic carbocycles. The Labute approximate surface area is 181 Å². The van der Waals surface area contributed by atoms with Gasteiger partial charge in [0.05, 0.1) is 7.11 Å². The van der Waals surface area contributed by atoms with Crippen LogP contribution in [0.15, 0.2) is 48.5 Å². The molecule has 4 rings (SSSR count). The van der Waals surface area contributed by atoms with Crippen molar-refractivity contribution >= 4 is 18.0 Å². The third kappa shape index (κ3) is 4.82. The first kappa shape index (κ1) is 20.8. The Morgan fingerprint density at radius 2 is 1.81 bits per heavy atom. The fraction of sp³-hybridized carbons (Fsp3) is 0.333. The topological polar surface area (TPSA) is 74.3 Å². The summed E-state index contributed by atoms with van der Waals surface area (Å²) in [6.45, 7) is 2.28. The van der Waals surface area contributed by atoms with Crippen molar-refractivity contribution in [3.05, 3.63) is 59.7 Å². The zero-order valence-corrected chi connectivity index (χ0v) is 17.4. The molecule has 0 aromatic heterocycles. The molecule has 1 amide bonds. The number of methoxy groups -OCH3 is 1. The molecule has 1 fully saturated rings. The predicted octanol–water partition coefficient (Wildman–Crippen LogP) is 3.39. The Hall–Kier alpha value is -3.48. The molecule has 0 saturated carbocycles. The quantitative estimate of drug-likeness (QED) is 0.524. The largest absolute Gasteiger partial charge is 0.493 e. The molecule has 1 atom stereocenters. The van der Waals surface area contributed by atoms with Crippen LogP contribution in [0.25, 0.3) is 6.08 Å². The molecule has 0 N–H and O–H groups in total. The van der Waals surface area contributed by atoms with Gasteiger partial charge in [0.15, 0.2) is 11.5 Å². The molecule has 0 aliphatic carbocycles. The van der Waals surface area contributed by atoms with Crippen LogP contribution in [0.2, 0.25) is 0 Å². The van der Waals surface area contributed by atoms with Crippen molar-refractivity contribution in [2.75, 3.05) is 33.4 Å². The van der Waals surface area contributed by atoms with Crippen molar-refractivity contribution in [2.24, 2.45) is 0 Å². The number of benzene rings is 2. The number of amides is 1. The maximum Gasteiger partial charge on any atom is 0.331 e. The van der Waals surface area contributed by atoms with Crippen LogP contribution in [0.3, 0.4) is 0 Å². The summed E-state index contributed by atoms with van der Waals surface area (Å²) in [5.41, 5.74) is 1.35. The van der Waals surface area contributed by atoms with Gasteiger partial charge in [-0.25, -0.2) is 4.79 Å². The van der Waals surface area contributed by atoms with Gasteiger partial charge in [-0.3, -0.25) is 4.79 Å². The Morgan fingerprint density at radius 3 is 2.55 bits per heavy atom. The Morgan fingerprint density at radius 1 is 1.06 bits per heavy atom. The van der Waals surface area contributed by atoms with E-state index in [1.165, 1.54) is 6.08 Å². The summed E-state index contributed by atoms with van der Waals surface area (Å²) in [5.74, 6) is 0.845. The maximum atomic E-state index is 13.0. The lowest BCUT2D eigenvalue weighted by atomic mass is 10.1. The smallest absolute Gasteiger partial charge is 0.331 e. The molecule has 2 aromatic rings. The number of hydrogen-bond acceptors (Lipinski definition) is 6. The lowest BCUT2D eigenvalue weighted by Gasteiger charge is -2.23. The molecule has 0 spiro atoms. The fourth-order valence-electron chi connectivity index (χ4n) is 3.70. The van der Waals surface area contributed by atoms with E-state index in [2.05, 4.69) is 0 Å². The molecule has 0 bridgehead atoms. The highest BCUT2D eigenvalue weighted by Crippen LogP contribution is 2.40. The van der Waals surface area contributed by atoms with Gasteiger partial charge < -0.3 is 23.8 Å². The van der Waals surface area contributed by atoms with Crippen LogP contribution in [0.4, 0.5) is 0 Å². The highest BCUT2D eigenvalue weighted by atomic mass is 16.6. The summed E-state index contributed by atoms with van der Waals surface area (Å²) in [6.07, 6.45) is 3.87. The van der Waals surface area contributed by atoms with Crippen LogP contribution in [-0.2, 0) is 14.3 Å². The van der Waals surface area contributed by atoms with Gasteiger partial charge in [-0.1, -0.05) is 30.3 Å². The second-order valence-corrected chi connectivity index (χ2v) is 7.34. The van der Waals surface area contributed by atoms with Gasteiger partial charge >= 0.3 is 5.97 Å². The average molecular weight is 423 g/mol. The number of esters is 1. The van der Waals surface area contributed by atoms with Crippen molar-refractivity contribution < 1.29 is 28.5 Å². The van der Waals surface area contributed by atoms with E-state index >= 15 is 0 Å². The molecule has 0 unspecified atom stereocenters. The van der Waals surface area contributed by atoms with Crippen LogP contribution in [0.1, 0.15) is 30.1 Å². The number of carbonyl (C=O) groups excluding carboxylic acids is 2. The lowest BCUT2D eigenvalue weighted by Crippen LogP contribution is -2.34. The number of nitrogens with zero attached hydrogens (tertiary/aromatic N) is 1. The minimum atomic E-state index is -0.966. The third-order valence-electron chi connectivity index (χ3n) is 5.24. The molecule has 1 saturated heterocycles. The van der Waals surface area contributed by atoms with Gasteiger partial charge in [0.2, 0.25) is 11.9 Å². The molecule has 0 radical (unpaired) electrons. The highest BCUT2D eigenvalue weighted by Gasteiger charge is 2.30. The Bertz CT molecular complexity index is 948. The van der Waals surface area contributed by atoms with Gasteiger partial charge in [-0.05, 0) is 36.6 Å². The van der Waals surface area contributed by atoms with Crippen molar-refractivity contribution in [2.45, 2.75) is 18.9 Å². The number of fused-ring (bicyclic) bond motifs is 1. The first-order chi connectivity index (χ1) is 15.2. The maximum absolute atomic E-state index is 13.0. The lowest BCUT2D eigenvalue weighted by molar-refractivity contribution is -0.156. The van der Waals surface area contributed by atoms with Gasteiger partial charge in [0.25, 0.3) is 5.91 Å². The van der Waals surface area contributed by atoms with Gasteiger partial charge in [-0.15, -0.1) is 0 Å². The molecule has 2 heterocycles. The van der Waals surface area contributed by atoms with Crippen LogP contribution >= 0.6 is 0 Å². The first-order valence-electron chi connectivity index (χ1n) is 10.4. The molecule has 31 heavy (non-hydrogen) atoms. The number of ether oxygens (including phenoxy) is 4. The normalized spacial score (nSPS) is 16.2. The number of carbonyl (C=O) groups is 2. The zero-order chi connectivity index (χ0) is 21.6. The standard InChI is InChI=1S/C24H25NO6/c1-28-19-15-17(16-20-23(19)30-14-13-29-20)9-10-21(26)31-22(18-7-3-2-4-8-18)24(27)25-11-5-6-12-25/h2-4,7-10,15-16,22H,5-6,11-14H2,1H3/b10-9+/t22-/m0/s1. The molecule has 7 heteroatoms. The number of hydrogen-bond donors (Lipinski definition) is 0. The molecule has 2 aliphatic heterocycles. The van der Waals surface area contributed by atoms with E-state index in [0.29, 0.717) is 54.7 Å². The molecule has 162 valence electrons. The Balaban J connectivity index is 1.51. The van der Waals surface area contributed by atoms with Crippen LogP contribution in [-0.4, -0.2) is 50.2 Å². The van der Waals surface area contributed by atoms with E-state index in [1.807, 2.05) is 18.2 Å². The Kier molecular flexibility index (Phi) is 6.40. The third-order valence-corrected chi connectivity index (χ3v) is 5.24. The van der Waals surface area contributed by atoms with Crippen LogP contribution in [0, 0.1) is 0 Å². The molecular formula is C24H25NO6. The first-order valence-corrected chi connectivity index (χ1v) is 10.4. The van der Waals surface area contributed by atoms with E-state index in [0.717, 1.165) is 12.8 Å². The van der Waals surface area contributed by atoms with Crippen molar-refractivity contribution in [3.63, 3.8) is 0 Å². The van der Waals surface area contributed by atoms with E-state index in [-0.39, 0.29) is 5.91 Å². The summed E-state index contributed by atoms with van der Waals surface area (Å²) in [7, 11) is 1.55. The van der Waals surface area contributed by atoms with E-state index in [9.17, 15) is 9.59 Å². The predicted molar refractivity (Wildman–Crippen MR) is 114 cm³/mol.